The van der Waals surface area contributed by atoms with Crippen molar-refractivity contribution in [3.05, 3.63) is 28.8 Å². The van der Waals surface area contributed by atoms with Crippen molar-refractivity contribution < 1.29 is 54.2 Å². The molecule has 0 spiro atoms. The number of imidazole rings is 1. The van der Waals surface area contributed by atoms with Crippen LogP contribution in [0, 0.1) is 17.8 Å². The first-order valence-electron chi connectivity index (χ1n) is 9.12. The summed E-state index contributed by atoms with van der Waals surface area (Å²) in [5, 5.41) is 21.8. The summed E-state index contributed by atoms with van der Waals surface area (Å²) in [6.45, 7) is 6.97. The number of ketones is 1. The Balaban J connectivity index is 0.00000240. The van der Waals surface area contributed by atoms with Crippen LogP contribution in [0.25, 0.3) is 10.4 Å². The van der Waals surface area contributed by atoms with E-state index in [-0.39, 0.29) is 52.9 Å². The van der Waals surface area contributed by atoms with E-state index >= 15 is 0 Å². The van der Waals surface area contributed by atoms with E-state index in [0.29, 0.717) is 21.0 Å². The quantitative estimate of drug-likeness (QED) is 0.323. The zero-order valence-electron chi connectivity index (χ0n) is 16.9. The summed E-state index contributed by atoms with van der Waals surface area (Å²) in [5.74, 6) is -3.03. The summed E-state index contributed by atoms with van der Waals surface area (Å²) < 4.78 is 1.70. The number of aliphatic carboxylic acids is 1. The maximum absolute atomic E-state index is 12.4. The number of carbonyl (C=O) groups is 3. The second-order valence-electron chi connectivity index (χ2n) is 7.72. The number of hydrogen-bond acceptors (Lipinski definition) is 7. The molecule has 10 heteroatoms. The monoisotopic (exact) mass is 425 g/mol. The van der Waals surface area contributed by atoms with E-state index in [0.717, 1.165) is 0 Å². The first kappa shape index (κ1) is 22.2. The van der Waals surface area contributed by atoms with Crippen LogP contribution in [0.1, 0.15) is 43.1 Å². The van der Waals surface area contributed by atoms with Gasteiger partial charge in [0, 0.05) is 23.6 Å². The van der Waals surface area contributed by atoms with E-state index in [2.05, 4.69) is 4.98 Å². The van der Waals surface area contributed by atoms with Gasteiger partial charge in [0.15, 0.2) is 5.78 Å². The van der Waals surface area contributed by atoms with Gasteiger partial charge in [-0.25, -0.2) is 4.98 Å². The van der Waals surface area contributed by atoms with Gasteiger partial charge in [0.25, 0.3) is 0 Å². The van der Waals surface area contributed by atoms with Crippen LogP contribution < -0.4 is 34.7 Å². The van der Waals surface area contributed by atoms with Crippen LogP contribution in [0.3, 0.4) is 0 Å². The number of Topliss-reactive ketones (excluding diaryl/α,β-unsaturated/α-hetero) is 1. The van der Waals surface area contributed by atoms with Crippen molar-refractivity contribution in [2.75, 3.05) is 0 Å². The number of thiazole rings is 1. The Morgan fingerprint density at radius 2 is 1.97 bits per heavy atom. The second kappa shape index (κ2) is 7.63. The van der Waals surface area contributed by atoms with Crippen LogP contribution in [-0.2, 0) is 9.59 Å². The number of carboxylic acids is 1. The number of carboxylic acid groups (broad SMARTS) is 1. The Kier molecular flexibility index (Phi) is 5.83. The Bertz CT molecular complexity index is 1050. The minimum absolute atomic E-state index is 0. The molecule has 2 aromatic heterocycles. The zero-order valence-corrected chi connectivity index (χ0v) is 19.7. The number of hydrogen-bond donors (Lipinski definition) is 1. The van der Waals surface area contributed by atoms with Crippen molar-refractivity contribution in [3.63, 3.8) is 0 Å². The van der Waals surface area contributed by atoms with Crippen molar-refractivity contribution in [1.29, 1.82) is 0 Å². The molecular weight excluding hydrogens is 405 g/mol. The minimum atomic E-state index is -1.42. The largest absolute Gasteiger partial charge is 1.00 e. The normalized spacial score (nSPS) is 24.6. The van der Waals surface area contributed by atoms with Gasteiger partial charge in [0.1, 0.15) is 16.9 Å². The standard InChI is InChI=1S/C19H21N3O5S.Na/c1-7(2)16(24)13-18-21(6-20-13)5-10(28-18)11-8(3)14-12(9(4)23)17(25)22(14)15(11)19(26)27;/h5-9,12,14,23H,1-4H3,(H,26,27);/q;+1/p-1/t8-,9+,12+,14+;/m0./s1. The van der Waals surface area contributed by atoms with E-state index < -0.39 is 29.9 Å². The number of β-lactam (4-membered cyclic amide) rings is 1. The van der Waals surface area contributed by atoms with Gasteiger partial charge in [-0.15, -0.1) is 11.3 Å². The summed E-state index contributed by atoms with van der Waals surface area (Å²) >= 11 is 1.27. The van der Waals surface area contributed by atoms with Gasteiger partial charge < -0.3 is 19.9 Å². The van der Waals surface area contributed by atoms with E-state index in [9.17, 15) is 24.6 Å². The topological polar surface area (TPSA) is 115 Å². The molecule has 1 N–H and O–H groups in total. The fraction of sp³-hybridized carbons (Fsp3) is 0.474. The predicted molar refractivity (Wildman–Crippen MR) is 99.1 cm³/mol. The molecule has 2 aliphatic rings. The van der Waals surface area contributed by atoms with Crippen molar-refractivity contribution in [2.24, 2.45) is 17.8 Å². The number of rotatable bonds is 5. The molecular formula is C19H20N3NaO5S. The average Bonchev–Trinajstić information content (AvgIpc) is 3.23. The number of nitrogens with zero attached hydrogens (tertiary/aromatic N) is 3. The Labute approximate surface area is 193 Å². The molecule has 4 heterocycles. The molecule has 2 aromatic rings. The van der Waals surface area contributed by atoms with Crippen molar-refractivity contribution in [2.45, 2.75) is 39.8 Å². The molecule has 1 fully saturated rings. The van der Waals surface area contributed by atoms with Gasteiger partial charge >= 0.3 is 29.6 Å². The molecule has 0 saturated carbocycles. The number of aromatic nitrogens is 2. The molecule has 2 aliphatic heterocycles. The third-order valence-electron chi connectivity index (χ3n) is 5.60. The summed E-state index contributed by atoms with van der Waals surface area (Å²) in [6, 6.07) is -0.410. The smallest absolute Gasteiger partial charge is 0.543 e. The molecule has 1 saturated heterocycles. The van der Waals surface area contributed by atoms with Gasteiger partial charge in [-0.3, -0.25) is 14.0 Å². The average molecular weight is 425 g/mol. The summed E-state index contributed by atoms with van der Waals surface area (Å²) in [6.07, 6.45) is 2.40. The van der Waals surface area contributed by atoms with Crippen LogP contribution in [0.5, 0.6) is 0 Å². The molecule has 0 aromatic carbocycles. The Hall–Kier alpha value is -1.52. The molecule has 0 radical (unpaired) electrons. The number of fused-ring (bicyclic) bond motifs is 2. The summed E-state index contributed by atoms with van der Waals surface area (Å²) in [5.41, 5.74) is 0.709. The van der Waals surface area contributed by atoms with Crippen molar-refractivity contribution in [1.82, 2.24) is 14.3 Å². The van der Waals surface area contributed by atoms with Gasteiger partial charge in [-0.2, -0.15) is 0 Å². The maximum Gasteiger partial charge on any atom is 1.00 e. The maximum atomic E-state index is 12.4. The molecule has 1 amide bonds. The van der Waals surface area contributed by atoms with E-state index in [1.54, 1.807) is 24.4 Å². The predicted octanol–water partition coefficient (Wildman–Crippen LogP) is -2.44. The second-order valence-corrected chi connectivity index (χ2v) is 8.75. The number of carbonyl (C=O) groups excluding carboxylic acids is 3. The molecule has 0 unspecified atom stereocenters. The van der Waals surface area contributed by atoms with Gasteiger partial charge in [0.05, 0.1) is 34.6 Å². The molecule has 8 nitrogen and oxygen atoms in total. The first-order valence-corrected chi connectivity index (χ1v) is 9.94. The third kappa shape index (κ3) is 3.11. The van der Waals surface area contributed by atoms with Crippen molar-refractivity contribution in [3.8, 4) is 0 Å². The van der Waals surface area contributed by atoms with E-state index in [1.807, 2.05) is 6.92 Å². The molecule has 0 aliphatic carbocycles. The zero-order chi connectivity index (χ0) is 20.5. The Morgan fingerprint density at radius 3 is 2.52 bits per heavy atom. The third-order valence-corrected chi connectivity index (χ3v) is 6.74. The van der Waals surface area contributed by atoms with Gasteiger partial charge in [-0.05, 0) is 6.92 Å². The van der Waals surface area contributed by atoms with Crippen LogP contribution in [-0.4, -0.2) is 49.2 Å². The summed E-state index contributed by atoms with van der Waals surface area (Å²) in [7, 11) is 0. The van der Waals surface area contributed by atoms with Crippen LogP contribution in [0.4, 0.5) is 0 Å². The molecule has 29 heavy (non-hydrogen) atoms. The SMILES string of the molecule is CC(C)C(=O)c1ncn2cc(C3=C(C(=O)[O-])N4C(=O)[C@H]([C@@H](C)O)[C@H]4[C@H]3C)sc12.[Na+]. The van der Waals surface area contributed by atoms with Crippen LogP contribution in [0.15, 0.2) is 18.2 Å². The van der Waals surface area contributed by atoms with Gasteiger partial charge in [-0.1, -0.05) is 20.8 Å². The van der Waals surface area contributed by atoms with Crippen LogP contribution in [0.2, 0.25) is 0 Å². The van der Waals surface area contributed by atoms with E-state index in [1.165, 1.54) is 29.5 Å². The van der Waals surface area contributed by atoms with Gasteiger partial charge in [0.2, 0.25) is 5.91 Å². The van der Waals surface area contributed by atoms with Crippen molar-refractivity contribution >= 4 is 39.4 Å². The number of aliphatic hydroxyl groups is 1. The molecule has 4 atom stereocenters. The Morgan fingerprint density at radius 1 is 1.31 bits per heavy atom. The first-order chi connectivity index (χ1) is 13.1. The molecule has 0 bridgehead atoms. The number of amides is 1. The number of aliphatic hydroxyl groups excluding tert-OH is 1. The molecule has 148 valence electrons. The minimum Gasteiger partial charge on any atom is -0.543 e. The van der Waals surface area contributed by atoms with E-state index in [4.69, 9.17) is 0 Å². The molecule has 4 rings (SSSR count). The summed E-state index contributed by atoms with van der Waals surface area (Å²) in [4.78, 5) is 43.4. The fourth-order valence-corrected chi connectivity index (χ4v) is 5.47. The van der Waals surface area contributed by atoms with Crippen LogP contribution >= 0.6 is 11.3 Å². The fourth-order valence-electron chi connectivity index (χ4n) is 4.25.